The normalized spacial score (nSPS) is 11.2. The summed E-state index contributed by atoms with van der Waals surface area (Å²) in [6, 6.07) is 19.7. The zero-order chi connectivity index (χ0) is 24.7. The van der Waals surface area contributed by atoms with Gasteiger partial charge in [0.05, 0.1) is 17.1 Å². The molecule has 0 bridgehead atoms. The van der Waals surface area contributed by atoms with Crippen molar-refractivity contribution in [1.82, 2.24) is 5.32 Å². The molecule has 180 valence electrons. The van der Waals surface area contributed by atoms with Crippen molar-refractivity contribution in [1.29, 1.82) is 0 Å². The minimum Gasteiger partial charge on any atom is -0.491 e. The second-order valence-electron chi connectivity index (χ2n) is 7.99. The average Bonchev–Trinajstić information content (AvgIpc) is 2.83. The monoisotopic (exact) mass is 498 g/mol. The number of ether oxygens (including phenoxy) is 1. The zero-order valence-electron chi connectivity index (χ0n) is 19.9. The number of nitrogens with zero attached hydrogens (tertiary/aromatic N) is 1. The highest BCUT2D eigenvalue weighted by Gasteiger charge is 2.27. The van der Waals surface area contributed by atoms with Crippen molar-refractivity contribution in [2.75, 3.05) is 30.3 Å². The third-order valence-corrected chi connectivity index (χ3v) is 7.81. The van der Waals surface area contributed by atoms with E-state index in [1.807, 2.05) is 57.4 Å². The fourth-order valence-electron chi connectivity index (χ4n) is 3.30. The van der Waals surface area contributed by atoms with Crippen LogP contribution in [0.25, 0.3) is 0 Å². The van der Waals surface area contributed by atoms with Gasteiger partial charge in [0.1, 0.15) is 18.9 Å². The molecule has 3 rings (SSSR count). The smallest absolute Gasteiger partial charge is 0.264 e. The maximum Gasteiger partial charge on any atom is 0.264 e. The van der Waals surface area contributed by atoms with Crippen LogP contribution in [0.3, 0.4) is 0 Å². The van der Waals surface area contributed by atoms with E-state index in [1.54, 1.807) is 36.4 Å². The van der Waals surface area contributed by atoms with Gasteiger partial charge >= 0.3 is 0 Å². The van der Waals surface area contributed by atoms with Crippen LogP contribution in [0.5, 0.6) is 5.75 Å². The van der Waals surface area contributed by atoms with Crippen LogP contribution in [0.15, 0.2) is 76.5 Å². The number of hydrogen-bond acceptors (Lipinski definition) is 5. The van der Waals surface area contributed by atoms with Crippen LogP contribution >= 0.6 is 11.8 Å². The van der Waals surface area contributed by atoms with Gasteiger partial charge in [-0.1, -0.05) is 29.8 Å². The van der Waals surface area contributed by atoms with E-state index in [4.69, 9.17) is 4.74 Å². The first-order chi connectivity index (χ1) is 16.2. The Hall–Kier alpha value is -2.97. The van der Waals surface area contributed by atoms with Crippen LogP contribution in [-0.4, -0.2) is 40.3 Å². The number of amides is 1. The Morgan fingerprint density at radius 3 is 2.24 bits per heavy atom. The lowest BCUT2D eigenvalue weighted by Crippen LogP contribution is -2.41. The molecule has 0 saturated carbocycles. The van der Waals surface area contributed by atoms with Crippen LogP contribution < -0.4 is 14.4 Å². The fourth-order valence-corrected chi connectivity index (χ4v) is 5.13. The molecule has 0 atom stereocenters. The van der Waals surface area contributed by atoms with Crippen molar-refractivity contribution in [3.63, 3.8) is 0 Å². The zero-order valence-corrected chi connectivity index (χ0v) is 21.5. The number of rotatable bonds is 10. The van der Waals surface area contributed by atoms with Gasteiger partial charge < -0.3 is 10.1 Å². The van der Waals surface area contributed by atoms with E-state index in [0.29, 0.717) is 5.69 Å². The molecule has 0 saturated heterocycles. The summed E-state index contributed by atoms with van der Waals surface area (Å²) in [7, 11) is -3.94. The molecule has 0 aromatic heterocycles. The van der Waals surface area contributed by atoms with Gasteiger partial charge in [0.25, 0.3) is 10.0 Å². The first-order valence-electron chi connectivity index (χ1n) is 10.9. The van der Waals surface area contributed by atoms with Crippen molar-refractivity contribution < 1.29 is 17.9 Å². The van der Waals surface area contributed by atoms with Crippen LogP contribution in [0, 0.1) is 20.8 Å². The summed E-state index contributed by atoms with van der Waals surface area (Å²) < 4.78 is 33.8. The number of sulfonamides is 1. The highest BCUT2D eigenvalue weighted by molar-refractivity contribution is 7.98. The molecule has 0 spiro atoms. The van der Waals surface area contributed by atoms with Crippen LogP contribution in [0.2, 0.25) is 0 Å². The number of thioether (sulfide) groups is 1. The Morgan fingerprint density at radius 1 is 0.941 bits per heavy atom. The molecule has 0 heterocycles. The number of aryl methyl sites for hydroxylation is 3. The summed E-state index contributed by atoms with van der Waals surface area (Å²) in [5, 5.41) is 2.77. The molecule has 3 aromatic carbocycles. The number of nitrogens with one attached hydrogen (secondary N) is 1. The third-order valence-electron chi connectivity index (χ3n) is 5.28. The van der Waals surface area contributed by atoms with Crippen LogP contribution in [0.1, 0.15) is 16.7 Å². The van der Waals surface area contributed by atoms with E-state index in [2.05, 4.69) is 5.32 Å². The second-order valence-corrected chi connectivity index (χ2v) is 10.7. The van der Waals surface area contributed by atoms with Crippen LogP contribution in [-0.2, 0) is 14.8 Å². The average molecular weight is 499 g/mol. The van der Waals surface area contributed by atoms with Gasteiger partial charge in [0.15, 0.2) is 0 Å². The lowest BCUT2D eigenvalue weighted by molar-refractivity contribution is -0.119. The Balaban J connectivity index is 1.71. The molecule has 3 aromatic rings. The Morgan fingerprint density at radius 2 is 1.59 bits per heavy atom. The molecule has 0 aliphatic carbocycles. The van der Waals surface area contributed by atoms with Gasteiger partial charge in [-0.3, -0.25) is 9.10 Å². The molecular weight excluding hydrogens is 468 g/mol. The molecule has 0 fully saturated rings. The molecule has 8 heteroatoms. The number of carbonyl (C=O) groups excluding carboxylic acids is 1. The molecule has 34 heavy (non-hydrogen) atoms. The van der Waals surface area contributed by atoms with E-state index in [9.17, 15) is 13.2 Å². The quantitative estimate of drug-likeness (QED) is 0.323. The number of carbonyl (C=O) groups is 1. The van der Waals surface area contributed by atoms with E-state index in [1.165, 1.54) is 11.8 Å². The first-order valence-corrected chi connectivity index (χ1v) is 13.6. The van der Waals surface area contributed by atoms with E-state index < -0.39 is 15.9 Å². The molecule has 1 amide bonds. The second kappa shape index (κ2) is 11.4. The standard InChI is InChI=1S/C26H30N2O4S2/c1-19-6-9-22(10-7-19)28(34(30,31)24-13-11-23(33-4)12-14-24)18-26(29)27-15-16-32-25-17-20(2)5-8-21(25)3/h5-14,17H,15-16,18H2,1-4H3,(H,27,29). The summed E-state index contributed by atoms with van der Waals surface area (Å²) in [6.07, 6.45) is 1.93. The largest absolute Gasteiger partial charge is 0.491 e. The molecule has 6 nitrogen and oxygen atoms in total. The molecule has 0 unspecified atom stereocenters. The van der Waals surface area contributed by atoms with E-state index in [0.717, 1.165) is 31.6 Å². The SMILES string of the molecule is CSc1ccc(S(=O)(=O)N(CC(=O)NCCOc2cc(C)ccc2C)c2ccc(C)cc2)cc1. The maximum atomic E-state index is 13.5. The molecule has 1 N–H and O–H groups in total. The minimum atomic E-state index is -3.94. The highest BCUT2D eigenvalue weighted by Crippen LogP contribution is 2.26. The summed E-state index contributed by atoms with van der Waals surface area (Å²) in [4.78, 5) is 13.8. The summed E-state index contributed by atoms with van der Waals surface area (Å²) >= 11 is 1.53. The van der Waals surface area contributed by atoms with Gasteiger partial charge in [-0.2, -0.15) is 0 Å². The van der Waals surface area contributed by atoms with Gasteiger partial charge in [-0.05, 0) is 80.6 Å². The maximum absolute atomic E-state index is 13.5. The van der Waals surface area contributed by atoms with Gasteiger partial charge in [-0.25, -0.2) is 8.42 Å². The van der Waals surface area contributed by atoms with Gasteiger partial charge in [0.2, 0.25) is 5.91 Å². The lowest BCUT2D eigenvalue weighted by Gasteiger charge is -2.24. The predicted molar refractivity (Wildman–Crippen MR) is 138 cm³/mol. The number of benzene rings is 3. The molecular formula is C26H30N2O4S2. The van der Waals surface area contributed by atoms with Gasteiger partial charge in [-0.15, -0.1) is 11.8 Å². The highest BCUT2D eigenvalue weighted by atomic mass is 32.2. The first kappa shape index (κ1) is 25.6. The fraction of sp³-hybridized carbons (Fsp3) is 0.269. The Kier molecular flexibility index (Phi) is 8.63. The number of anilines is 1. The lowest BCUT2D eigenvalue weighted by atomic mass is 10.1. The number of hydrogen-bond donors (Lipinski definition) is 1. The summed E-state index contributed by atoms with van der Waals surface area (Å²) in [6.45, 7) is 6.08. The summed E-state index contributed by atoms with van der Waals surface area (Å²) in [5.41, 5.74) is 3.54. The van der Waals surface area contributed by atoms with Crippen molar-refractivity contribution in [3.05, 3.63) is 83.4 Å². The Labute approximate surface area is 206 Å². The van der Waals surface area contributed by atoms with E-state index in [-0.39, 0.29) is 24.6 Å². The van der Waals surface area contributed by atoms with Crippen molar-refractivity contribution in [3.8, 4) is 5.75 Å². The predicted octanol–water partition coefficient (Wildman–Crippen LogP) is 4.72. The van der Waals surface area contributed by atoms with Crippen LogP contribution in [0.4, 0.5) is 5.69 Å². The minimum absolute atomic E-state index is 0.136. The van der Waals surface area contributed by atoms with Gasteiger partial charge in [0, 0.05) is 4.90 Å². The Bertz CT molecular complexity index is 1220. The van der Waals surface area contributed by atoms with Crippen molar-refractivity contribution in [2.24, 2.45) is 0 Å². The van der Waals surface area contributed by atoms with Crippen molar-refractivity contribution >= 4 is 33.4 Å². The summed E-state index contributed by atoms with van der Waals surface area (Å²) in [5.74, 6) is 0.362. The van der Waals surface area contributed by atoms with Crippen molar-refractivity contribution in [2.45, 2.75) is 30.6 Å². The molecule has 0 radical (unpaired) electrons. The third kappa shape index (κ3) is 6.55. The topological polar surface area (TPSA) is 75.7 Å². The van der Waals surface area contributed by atoms with E-state index >= 15 is 0 Å². The molecule has 0 aliphatic rings. The molecule has 0 aliphatic heterocycles.